The van der Waals surface area contributed by atoms with Crippen LogP contribution in [-0.4, -0.2) is 35.2 Å². The van der Waals surface area contributed by atoms with E-state index in [0.29, 0.717) is 12.6 Å². The highest BCUT2D eigenvalue weighted by Gasteiger charge is 2.27. The van der Waals surface area contributed by atoms with Gasteiger partial charge in [-0.3, -0.25) is 4.79 Å². The third kappa shape index (κ3) is 3.64. The molecule has 0 aromatic heterocycles. The van der Waals surface area contributed by atoms with Gasteiger partial charge in [0, 0.05) is 6.04 Å². The van der Waals surface area contributed by atoms with Gasteiger partial charge in [-0.2, -0.15) is 0 Å². The predicted octanol–water partition coefficient (Wildman–Crippen LogP) is 0.0140. The average molecular weight is 200 g/mol. The van der Waals surface area contributed by atoms with E-state index >= 15 is 0 Å². The van der Waals surface area contributed by atoms with E-state index in [2.05, 4.69) is 10.6 Å². The highest BCUT2D eigenvalue weighted by atomic mass is 16.3. The standard InChI is InChI=1S/C10H20N2O2/c1-7(13)10(2,3)12-9(14)6-11-8-4-5-8/h7-8,11,13H,4-6H2,1-3H3,(H,12,14). The Hall–Kier alpha value is -0.610. The molecule has 3 N–H and O–H groups in total. The molecule has 0 heterocycles. The van der Waals surface area contributed by atoms with Crippen LogP contribution in [-0.2, 0) is 4.79 Å². The fourth-order valence-corrected chi connectivity index (χ4v) is 1.03. The van der Waals surface area contributed by atoms with Crippen molar-refractivity contribution >= 4 is 5.91 Å². The molecule has 1 aliphatic carbocycles. The van der Waals surface area contributed by atoms with Crippen molar-refractivity contribution in [1.29, 1.82) is 0 Å². The van der Waals surface area contributed by atoms with Gasteiger partial charge < -0.3 is 15.7 Å². The van der Waals surface area contributed by atoms with Crippen LogP contribution >= 0.6 is 0 Å². The molecular weight excluding hydrogens is 180 g/mol. The zero-order valence-corrected chi connectivity index (χ0v) is 9.13. The van der Waals surface area contributed by atoms with Crippen LogP contribution in [0.5, 0.6) is 0 Å². The highest BCUT2D eigenvalue weighted by Crippen LogP contribution is 2.18. The smallest absolute Gasteiger partial charge is 0.234 e. The quantitative estimate of drug-likeness (QED) is 0.586. The monoisotopic (exact) mass is 200 g/mol. The third-order valence-corrected chi connectivity index (χ3v) is 2.63. The second kappa shape index (κ2) is 4.28. The number of hydrogen-bond acceptors (Lipinski definition) is 3. The number of hydrogen-bond donors (Lipinski definition) is 3. The first-order valence-corrected chi connectivity index (χ1v) is 5.14. The van der Waals surface area contributed by atoms with E-state index < -0.39 is 11.6 Å². The van der Waals surface area contributed by atoms with Gasteiger partial charge in [-0.15, -0.1) is 0 Å². The lowest BCUT2D eigenvalue weighted by molar-refractivity contribution is -0.123. The summed E-state index contributed by atoms with van der Waals surface area (Å²) in [5.74, 6) is -0.0530. The van der Waals surface area contributed by atoms with Gasteiger partial charge in [0.05, 0.1) is 18.2 Å². The van der Waals surface area contributed by atoms with E-state index in [4.69, 9.17) is 0 Å². The van der Waals surface area contributed by atoms with Crippen molar-refractivity contribution in [2.24, 2.45) is 0 Å². The first kappa shape index (κ1) is 11.5. The summed E-state index contributed by atoms with van der Waals surface area (Å²) in [4.78, 5) is 11.4. The number of aliphatic hydroxyl groups is 1. The van der Waals surface area contributed by atoms with Crippen molar-refractivity contribution in [1.82, 2.24) is 10.6 Å². The van der Waals surface area contributed by atoms with Crippen LogP contribution in [0.2, 0.25) is 0 Å². The molecule has 1 aliphatic rings. The topological polar surface area (TPSA) is 61.4 Å². The maximum absolute atomic E-state index is 11.4. The number of amides is 1. The highest BCUT2D eigenvalue weighted by molar-refractivity contribution is 5.78. The molecule has 0 bridgehead atoms. The van der Waals surface area contributed by atoms with Crippen LogP contribution in [0.3, 0.4) is 0 Å². The summed E-state index contributed by atoms with van der Waals surface area (Å²) in [6.45, 7) is 5.65. The summed E-state index contributed by atoms with van der Waals surface area (Å²) in [6, 6.07) is 0.537. The molecule has 0 aromatic rings. The number of rotatable bonds is 5. The van der Waals surface area contributed by atoms with E-state index in [1.165, 1.54) is 12.8 Å². The summed E-state index contributed by atoms with van der Waals surface area (Å²) in [5.41, 5.74) is -0.553. The maximum Gasteiger partial charge on any atom is 0.234 e. The van der Waals surface area contributed by atoms with Gasteiger partial charge in [0.2, 0.25) is 5.91 Å². The molecule has 0 aromatic carbocycles. The molecule has 1 rings (SSSR count). The van der Waals surface area contributed by atoms with Crippen molar-refractivity contribution in [2.45, 2.75) is 51.3 Å². The molecule has 1 amide bonds. The molecule has 0 saturated heterocycles. The Morgan fingerprint density at radius 2 is 2.14 bits per heavy atom. The van der Waals surface area contributed by atoms with E-state index in [1.54, 1.807) is 6.92 Å². The van der Waals surface area contributed by atoms with E-state index in [9.17, 15) is 9.90 Å². The number of carbonyl (C=O) groups is 1. The van der Waals surface area contributed by atoms with Crippen LogP contribution in [0.1, 0.15) is 33.6 Å². The summed E-state index contributed by atoms with van der Waals surface area (Å²) >= 11 is 0. The molecule has 0 radical (unpaired) electrons. The second-order valence-electron chi connectivity index (χ2n) is 4.60. The maximum atomic E-state index is 11.4. The molecule has 1 saturated carbocycles. The summed E-state index contributed by atoms with van der Waals surface area (Å²) in [7, 11) is 0. The second-order valence-corrected chi connectivity index (χ2v) is 4.60. The summed E-state index contributed by atoms with van der Waals surface area (Å²) in [5, 5.41) is 15.3. The minimum atomic E-state index is -0.553. The molecular formula is C10H20N2O2. The Morgan fingerprint density at radius 3 is 2.57 bits per heavy atom. The minimum Gasteiger partial charge on any atom is -0.391 e. The van der Waals surface area contributed by atoms with Crippen LogP contribution in [0, 0.1) is 0 Å². The lowest BCUT2D eigenvalue weighted by Gasteiger charge is -2.29. The zero-order chi connectivity index (χ0) is 10.8. The van der Waals surface area contributed by atoms with E-state index in [1.807, 2.05) is 13.8 Å². The largest absolute Gasteiger partial charge is 0.391 e. The fourth-order valence-electron chi connectivity index (χ4n) is 1.03. The Bertz CT molecular complexity index is 210. The number of aliphatic hydroxyl groups excluding tert-OH is 1. The summed E-state index contributed by atoms with van der Waals surface area (Å²) in [6.07, 6.45) is 1.80. The van der Waals surface area contributed by atoms with Crippen LogP contribution in [0.15, 0.2) is 0 Å². The Kier molecular flexibility index (Phi) is 3.50. The molecule has 82 valence electrons. The summed E-state index contributed by atoms with van der Waals surface area (Å²) < 4.78 is 0. The first-order chi connectivity index (χ1) is 6.42. The van der Waals surface area contributed by atoms with Gasteiger partial charge in [-0.25, -0.2) is 0 Å². The Morgan fingerprint density at radius 1 is 1.57 bits per heavy atom. The number of nitrogens with one attached hydrogen (secondary N) is 2. The Balaban J connectivity index is 2.23. The number of carbonyl (C=O) groups excluding carboxylic acids is 1. The molecule has 1 unspecified atom stereocenters. The van der Waals surface area contributed by atoms with Crippen LogP contribution in [0.4, 0.5) is 0 Å². The Labute approximate surface area is 85.1 Å². The zero-order valence-electron chi connectivity index (χ0n) is 9.13. The minimum absolute atomic E-state index is 0.0530. The van der Waals surface area contributed by atoms with Gasteiger partial charge in [0.1, 0.15) is 0 Å². The lowest BCUT2D eigenvalue weighted by atomic mass is 9.99. The van der Waals surface area contributed by atoms with Gasteiger partial charge in [-0.1, -0.05) is 0 Å². The molecule has 0 aliphatic heterocycles. The van der Waals surface area contributed by atoms with Gasteiger partial charge >= 0.3 is 0 Å². The van der Waals surface area contributed by atoms with Crippen LogP contribution in [0.25, 0.3) is 0 Å². The van der Waals surface area contributed by atoms with Crippen molar-refractivity contribution in [2.75, 3.05) is 6.54 Å². The lowest BCUT2D eigenvalue weighted by Crippen LogP contribution is -2.53. The average Bonchev–Trinajstić information content (AvgIpc) is 2.82. The molecule has 1 fully saturated rings. The SMILES string of the molecule is CC(O)C(C)(C)NC(=O)CNC1CC1. The van der Waals surface area contributed by atoms with E-state index in [-0.39, 0.29) is 5.91 Å². The third-order valence-electron chi connectivity index (χ3n) is 2.63. The molecule has 14 heavy (non-hydrogen) atoms. The van der Waals surface area contributed by atoms with Crippen molar-refractivity contribution < 1.29 is 9.90 Å². The van der Waals surface area contributed by atoms with Crippen molar-refractivity contribution in [3.63, 3.8) is 0 Å². The van der Waals surface area contributed by atoms with Crippen molar-refractivity contribution in [3.8, 4) is 0 Å². The predicted molar refractivity (Wildman–Crippen MR) is 54.9 cm³/mol. The van der Waals surface area contributed by atoms with Gasteiger partial charge in [0.25, 0.3) is 0 Å². The van der Waals surface area contributed by atoms with E-state index in [0.717, 1.165) is 0 Å². The van der Waals surface area contributed by atoms with Gasteiger partial charge in [0.15, 0.2) is 0 Å². The normalized spacial score (nSPS) is 19.1. The van der Waals surface area contributed by atoms with Crippen LogP contribution < -0.4 is 10.6 Å². The molecule has 1 atom stereocenters. The molecule has 0 spiro atoms. The molecule has 4 nitrogen and oxygen atoms in total. The molecule has 4 heteroatoms. The first-order valence-electron chi connectivity index (χ1n) is 5.14. The fraction of sp³-hybridized carbons (Fsp3) is 0.900. The van der Waals surface area contributed by atoms with Gasteiger partial charge in [-0.05, 0) is 33.6 Å². The van der Waals surface area contributed by atoms with Crippen molar-refractivity contribution in [3.05, 3.63) is 0 Å².